The van der Waals surface area contributed by atoms with Crippen LogP contribution in [0.5, 0.6) is 0 Å². The highest BCUT2D eigenvalue weighted by Gasteiger charge is 2.20. The molecule has 0 radical (unpaired) electrons. The Morgan fingerprint density at radius 3 is 2.50 bits per heavy atom. The number of esters is 2. The van der Waals surface area contributed by atoms with Gasteiger partial charge in [0.25, 0.3) is 5.78 Å². The van der Waals surface area contributed by atoms with Crippen molar-refractivity contribution in [2.45, 2.75) is 6.54 Å². The molecule has 0 aliphatic carbocycles. The third-order valence-electron chi connectivity index (χ3n) is 2.15. The number of Topliss-reactive ketones (excluding diaryl/α,β-unsaturated/α-hetero) is 1. The molecule has 0 bridgehead atoms. The van der Waals surface area contributed by atoms with Crippen LogP contribution in [0, 0.1) is 11.3 Å². The molecule has 1 aromatic rings. The van der Waals surface area contributed by atoms with Crippen molar-refractivity contribution in [2.24, 2.45) is 0 Å². The van der Waals surface area contributed by atoms with Crippen molar-refractivity contribution in [3.8, 4) is 6.07 Å². The fourth-order valence-corrected chi connectivity index (χ4v) is 1.31. The van der Waals surface area contributed by atoms with E-state index in [2.05, 4.69) is 9.47 Å². The quantitative estimate of drug-likeness (QED) is 0.546. The number of ether oxygens (including phenoxy) is 2. The number of nitrogens with zero attached hydrogens (tertiary/aromatic N) is 2. The highest BCUT2D eigenvalue weighted by atomic mass is 16.5. The molecule has 0 aliphatic rings. The Hall–Kier alpha value is -2.62. The molecule has 0 spiro atoms. The first-order valence-electron chi connectivity index (χ1n) is 4.83. The summed E-state index contributed by atoms with van der Waals surface area (Å²) in [5.74, 6) is -2.55. The van der Waals surface area contributed by atoms with E-state index in [1.54, 1.807) is 0 Å². The minimum Gasteiger partial charge on any atom is -0.464 e. The lowest BCUT2D eigenvalue weighted by Crippen LogP contribution is -2.23. The maximum absolute atomic E-state index is 11.4. The van der Waals surface area contributed by atoms with Crippen LogP contribution < -0.4 is 0 Å². The van der Waals surface area contributed by atoms with Gasteiger partial charge in [-0.15, -0.1) is 0 Å². The number of ketones is 1. The maximum Gasteiger partial charge on any atom is 0.376 e. The Bertz CT molecular complexity index is 538. The summed E-state index contributed by atoms with van der Waals surface area (Å²) in [7, 11) is 2.26. The van der Waals surface area contributed by atoms with Gasteiger partial charge in [-0.1, -0.05) is 0 Å². The lowest BCUT2D eigenvalue weighted by Gasteiger charge is -2.05. The van der Waals surface area contributed by atoms with E-state index in [1.807, 2.05) is 6.07 Å². The Labute approximate surface area is 103 Å². The van der Waals surface area contributed by atoms with Gasteiger partial charge in [0.15, 0.2) is 0 Å². The lowest BCUT2D eigenvalue weighted by molar-refractivity contribution is -0.151. The Morgan fingerprint density at radius 1 is 1.33 bits per heavy atom. The highest BCUT2D eigenvalue weighted by Crippen LogP contribution is 2.09. The van der Waals surface area contributed by atoms with Crippen LogP contribution in [0.2, 0.25) is 0 Å². The number of hydrogen-bond acceptors (Lipinski definition) is 6. The van der Waals surface area contributed by atoms with E-state index in [0.29, 0.717) is 0 Å². The minimum absolute atomic E-state index is 0.0197. The van der Waals surface area contributed by atoms with Crippen molar-refractivity contribution in [1.29, 1.82) is 5.26 Å². The molecular formula is C11H10N2O5. The van der Waals surface area contributed by atoms with Gasteiger partial charge in [-0.05, 0) is 6.07 Å². The fourth-order valence-electron chi connectivity index (χ4n) is 1.31. The number of hydrogen-bond donors (Lipinski definition) is 0. The standard InChI is InChI=1S/C11H10N2O5/c1-17-10(15)8-3-7(4-12)5-13(8)6-9(14)11(16)18-2/h3,5H,6H2,1-2H3. The van der Waals surface area contributed by atoms with Crippen molar-refractivity contribution in [1.82, 2.24) is 4.57 Å². The minimum atomic E-state index is -1.02. The normalized spacial score (nSPS) is 9.39. The molecule has 0 aliphatic heterocycles. The molecule has 7 nitrogen and oxygen atoms in total. The maximum atomic E-state index is 11.4. The van der Waals surface area contributed by atoms with Gasteiger partial charge in [0, 0.05) is 6.20 Å². The van der Waals surface area contributed by atoms with Crippen molar-refractivity contribution in [2.75, 3.05) is 14.2 Å². The first-order chi connectivity index (χ1) is 8.53. The number of carbonyl (C=O) groups is 3. The van der Waals surface area contributed by atoms with Crippen molar-refractivity contribution < 1.29 is 23.9 Å². The third kappa shape index (κ3) is 2.74. The van der Waals surface area contributed by atoms with Gasteiger partial charge in [0.1, 0.15) is 11.8 Å². The van der Waals surface area contributed by atoms with Crippen LogP contribution in [0.4, 0.5) is 0 Å². The zero-order valence-corrected chi connectivity index (χ0v) is 9.80. The molecule has 1 heterocycles. The second-order valence-corrected chi connectivity index (χ2v) is 3.26. The number of carbonyl (C=O) groups excluding carboxylic acids is 3. The lowest BCUT2D eigenvalue weighted by atomic mass is 10.3. The molecule has 1 rings (SSSR count). The average molecular weight is 250 g/mol. The third-order valence-corrected chi connectivity index (χ3v) is 2.15. The molecule has 0 N–H and O–H groups in total. The van der Waals surface area contributed by atoms with Crippen LogP contribution in [-0.2, 0) is 25.6 Å². The molecule has 0 atom stereocenters. The Balaban J connectivity index is 3.05. The van der Waals surface area contributed by atoms with E-state index in [0.717, 1.165) is 7.11 Å². The molecule has 0 unspecified atom stereocenters. The van der Waals surface area contributed by atoms with Gasteiger partial charge in [-0.3, -0.25) is 4.79 Å². The molecule has 1 aromatic heterocycles. The Kier molecular flexibility index (Phi) is 4.21. The van der Waals surface area contributed by atoms with Crippen LogP contribution in [0.1, 0.15) is 16.1 Å². The number of nitriles is 1. The summed E-state index contributed by atoms with van der Waals surface area (Å²) in [6, 6.07) is 3.10. The summed E-state index contributed by atoms with van der Waals surface area (Å²) in [5.41, 5.74) is 0.208. The van der Waals surface area contributed by atoms with E-state index in [-0.39, 0.29) is 11.3 Å². The van der Waals surface area contributed by atoms with Gasteiger partial charge in [0.2, 0.25) is 0 Å². The molecule has 0 saturated carbocycles. The summed E-state index contributed by atoms with van der Waals surface area (Å²) in [4.78, 5) is 33.8. The smallest absolute Gasteiger partial charge is 0.376 e. The summed E-state index contributed by atoms with van der Waals surface area (Å²) >= 11 is 0. The summed E-state index contributed by atoms with van der Waals surface area (Å²) in [6.45, 7) is -0.390. The van der Waals surface area contributed by atoms with Crippen molar-refractivity contribution in [3.63, 3.8) is 0 Å². The van der Waals surface area contributed by atoms with Crippen LogP contribution >= 0.6 is 0 Å². The highest BCUT2D eigenvalue weighted by molar-refractivity contribution is 6.33. The first kappa shape index (κ1) is 13.4. The molecule has 0 aromatic carbocycles. The molecular weight excluding hydrogens is 240 g/mol. The van der Waals surface area contributed by atoms with Crippen molar-refractivity contribution in [3.05, 3.63) is 23.5 Å². The fraction of sp³-hybridized carbons (Fsp3) is 0.273. The van der Waals surface area contributed by atoms with E-state index in [9.17, 15) is 14.4 Å². The van der Waals surface area contributed by atoms with E-state index >= 15 is 0 Å². The molecule has 0 amide bonds. The molecule has 0 saturated heterocycles. The number of methoxy groups -OCH3 is 2. The van der Waals surface area contributed by atoms with Crippen LogP contribution in [0.15, 0.2) is 12.3 Å². The van der Waals surface area contributed by atoms with Crippen molar-refractivity contribution >= 4 is 17.7 Å². The van der Waals surface area contributed by atoms with E-state index in [1.165, 1.54) is 23.9 Å². The van der Waals surface area contributed by atoms with Crippen LogP contribution in [0.3, 0.4) is 0 Å². The second kappa shape index (κ2) is 5.63. The first-order valence-corrected chi connectivity index (χ1v) is 4.83. The predicted molar refractivity (Wildman–Crippen MR) is 57.5 cm³/mol. The zero-order chi connectivity index (χ0) is 13.7. The molecule has 18 heavy (non-hydrogen) atoms. The topological polar surface area (TPSA) is 98.4 Å². The predicted octanol–water partition coefficient (Wildman–Crippen LogP) is -0.112. The SMILES string of the molecule is COC(=O)C(=O)Cn1cc(C#N)cc1C(=O)OC. The van der Waals surface area contributed by atoms with E-state index < -0.39 is 24.3 Å². The number of aromatic nitrogens is 1. The van der Waals surface area contributed by atoms with Gasteiger partial charge in [-0.2, -0.15) is 5.26 Å². The largest absolute Gasteiger partial charge is 0.464 e. The molecule has 94 valence electrons. The Morgan fingerprint density at radius 2 is 2.00 bits per heavy atom. The second-order valence-electron chi connectivity index (χ2n) is 3.26. The van der Waals surface area contributed by atoms with Gasteiger partial charge in [0.05, 0.1) is 26.3 Å². The molecule has 7 heteroatoms. The monoisotopic (exact) mass is 250 g/mol. The van der Waals surface area contributed by atoms with E-state index in [4.69, 9.17) is 5.26 Å². The zero-order valence-electron chi connectivity index (χ0n) is 9.80. The van der Waals surface area contributed by atoms with Crippen LogP contribution in [0.25, 0.3) is 0 Å². The van der Waals surface area contributed by atoms with Gasteiger partial charge >= 0.3 is 11.9 Å². The average Bonchev–Trinajstić information content (AvgIpc) is 2.79. The number of rotatable bonds is 4. The molecule has 0 fully saturated rings. The summed E-state index contributed by atoms with van der Waals surface area (Å²) in [6.07, 6.45) is 1.28. The summed E-state index contributed by atoms with van der Waals surface area (Å²) < 4.78 is 9.94. The van der Waals surface area contributed by atoms with Gasteiger partial charge < -0.3 is 14.0 Å². The van der Waals surface area contributed by atoms with Crippen LogP contribution in [-0.4, -0.2) is 36.5 Å². The summed E-state index contributed by atoms with van der Waals surface area (Å²) in [5, 5.41) is 8.73. The van der Waals surface area contributed by atoms with Gasteiger partial charge in [-0.25, -0.2) is 9.59 Å².